The quantitative estimate of drug-likeness (QED) is 0.351. The summed E-state index contributed by atoms with van der Waals surface area (Å²) in [5.41, 5.74) is 2.54. The minimum atomic E-state index is -0.372. The largest absolute Gasteiger partial charge is 0.464 e. The fraction of sp³-hybridized carbons (Fsp3) is 0.0952. The van der Waals surface area contributed by atoms with Gasteiger partial charge in [-0.1, -0.05) is 48.0 Å². The lowest BCUT2D eigenvalue weighted by Crippen LogP contribution is -2.11. The Hall–Kier alpha value is -2.78. The van der Waals surface area contributed by atoms with Crippen molar-refractivity contribution in [3.63, 3.8) is 0 Å². The van der Waals surface area contributed by atoms with Crippen LogP contribution in [0.2, 0.25) is 5.02 Å². The first-order valence-corrected chi connectivity index (χ1v) is 8.34. The molecule has 1 aromatic heterocycles. The van der Waals surface area contributed by atoms with E-state index >= 15 is 0 Å². The van der Waals surface area contributed by atoms with E-state index in [4.69, 9.17) is 20.8 Å². The SMILES string of the molecule is Cc1ccc(Cl)c(OC(=O)Cc2coc3ccc4ccccc4c23)c1. The second-order valence-corrected chi connectivity index (χ2v) is 6.41. The van der Waals surface area contributed by atoms with Gasteiger partial charge in [-0.2, -0.15) is 0 Å². The van der Waals surface area contributed by atoms with Crippen molar-refractivity contribution in [1.29, 1.82) is 0 Å². The minimum absolute atomic E-state index is 0.116. The fourth-order valence-corrected chi connectivity index (χ4v) is 3.16. The molecule has 0 radical (unpaired) electrons. The monoisotopic (exact) mass is 350 g/mol. The van der Waals surface area contributed by atoms with Gasteiger partial charge in [0.15, 0.2) is 0 Å². The number of carbonyl (C=O) groups is 1. The Morgan fingerprint density at radius 2 is 1.96 bits per heavy atom. The molecule has 0 aliphatic rings. The highest BCUT2D eigenvalue weighted by atomic mass is 35.5. The molecule has 0 aliphatic heterocycles. The van der Waals surface area contributed by atoms with Gasteiger partial charge in [-0.25, -0.2) is 0 Å². The van der Waals surface area contributed by atoms with Crippen LogP contribution in [0, 0.1) is 6.92 Å². The lowest BCUT2D eigenvalue weighted by atomic mass is 10.0. The van der Waals surface area contributed by atoms with Crippen molar-refractivity contribution in [3.8, 4) is 5.75 Å². The normalized spacial score (nSPS) is 11.1. The van der Waals surface area contributed by atoms with E-state index in [-0.39, 0.29) is 12.4 Å². The Bertz CT molecular complexity index is 1090. The highest BCUT2D eigenvalue weighted by Gasteiger charge is 2.15. The van der Waals surface area contributed by atoms with Crippen molar-refractivity contribution < 1.29 is 13.9 Å². The smallest absolute Gasteiger partial charge is 0.315 e. The number of hydrogen-bond acceptors (Lipinski definition) is 3. The van der Waals surface area contributed by atoms with Crippen molar-refractivity contribution in [2.45, 2.75) is 13.3 Å². The molecule has 0 aliphatic carbocycles. The van der Waals surface area contributed by atoms with Crippen LogP contribution in [0.1, 0.15) is 11.1 Å². The molecule has 0 amide bonds. The standard InChI is InChI=1S/C21H15ClO3/c1-13-6-8-17(22)19(10-13)25-20(23)11-15-12-24-18-9-7-14-4-2-3-5-16(14)21(15)18/h2-10,12H,11H2,1H3. The number of rotatable bonds is 3. The van der Waals surface area contributed by atoms with Gasteiger partial charge in [0.05, 0.1) is 17.7 Å². The van der Waals surface area contributed by atoms with Gasteiger partial charge in [-0.05, 0) is 41.5 Å². The fourth-order valence-electron chi connectivity index (χ4n) is 3.01. The Balaban J connectivity index is 1.67. The van der Waals surface area contributed by atoms with Crippen LogP contribution in [0.15, 0.2) is 65.3 Å². The maximum absolute atomic E-state index is 12.4. The van der Waals surface area contributed by atoms with Gasteiger partial charge in [0.25, 0.3) is 0 Å². The highest BCUT2D eigenvalue weighted by Crippen LogP contribution is 2.31. The Morgan fingerprint density at radius 1 is 1.12 bits per heavy atom. The molecule has 0 atom stereocenters. The third-order valence-corrected chi connectivity index (χ3v) is 4.50. The molecule has 4 aromatic rings. The number of carbonyl (C=O) groups excluding carboxylic acids is 1. The molecule has 0 unspecified atom stereocenters. The van der Waals surface area contributed by atoms with Gasteiger partial charge >= 0.3 is 5.97 Å². The van der Waals surface area contributed by atoms with Gasteiger partial charge in [0, 0.05) is 10.9 Å². The van der Waals surface area contributed by atoms with Crippen LogP contribution in [0.25, 0.3) is 21.7 Å². The molecule has 124 valence electrons. The number of esters is 1. The Labute approximate surface area is 149 Å². The molecule has 0 spiro atoms. The second-order valence-electron chi connectivity index (χ2n) is 6.01. The van der Waals surface area contributed by atoms with Crippen LogP contribution in [-0.2, 0) is 11.2 Å². The molecule has 25 heavy (non-hydrogen) atoms. The first-order chi connectivity index (χ1) is 12.1. The third kappa shape index (κ3) is 2.99. The van der Waals surface area contributed by atoms with Gasteiger partial charge in [-0.3, -0.25) is 4.79 Å². The first-order valence-electron chi connectivity index (χ1n) is 7.96. The predicted molar refractivity (Wildman–Crippen MR) is 99.2 cm³/mol. The van der Waals surface area contributed by atoms with Crippen molar-refractivity contribution in [2.24, 2.45) is 0 Å². The van der Waals surface area contributed by atoms with E-state index in [2.05, 4.69) is 0 Å². The molecule has 0 bridgehead atoms. The van der Waals surface area contributed by atoms with E-state index in [0.717, 1.165) is 32.9 Å². The van der Waals surface area contributed by atoms with Gasteiger partial charge in [0.2, 0.25) is 0 Å². The third-order valence-electron chi connectivity index (χ3n) is 4.19. The van der Waals surface area contributed by atoms with Crippen LogP contribution in [0.4, 0.5) is 0 Å². The van der Waals surface area contributed by atoms with Gasteiger partial charge < -0.3 is 9.15 Å². The highest BCUT2D eigenvalue weighted by molar-refractivity contribution is 6.32. The molecule has 3 nitrogen and oxygen atoms in total. The van der Waals surface area contributed by atoms with Gasteiger partial charge in [-0.15, -0.1) is 0 Å². The summed E-state index contributed by atoms with van der Waals surface area (Å²) in [6.45, 7) is 1.92. The topological polar surface area (TPSA) is 39.4 Å². The molecule has 0 saturated carbocycles. The molecule has 0 saturated heterocycles. The zero-order valence-electron chi connectivity index (χ0n) is 13.6. The van der Waals surface area contributed by atoms with Crippen molar-refractivity contribution in [2.75, 3.05) is 0 Å². The number of fused-ring (bicyclic) bond motifs is 3. The second kappa shape index (κ2) is 6.26. The van der Waals surface area contributed by atoms with Crippen molar-refractivity contribution in [1.82, 2.24) is 0 Å². The van der Waals surface area contributed by atoms with E-state index in [0.29, 0.717) is 10.8 Å². The number of furan rings is 1. The summed E-state index contributed by atoms with van der Waals surface area (Å²) < 4.78 is 11.1. The summed E-state index contributed by atoms with van der Waals surface area (Å²) in [6.07, 6.45) is 1.74. The van der Waals surface area contributed by atoms with Crippen LogP contribution in [0.5, 0.6) is 5.75 Å². The molecule has 4 heteroatoms. The minimum Gasteiger partial charge on any atom is -0.464 e. The Kier molecular flexibility index (Phi) is 3.94. The average molecular weight is 351 g/mol. The maximum Gasteiger partial charge on any atom is 0.315 e. The molecular formula is C21H15ClO3. The summed E-state index contributed by atoms with van der Waals surface area (Å²) in [5, 5.41) is 3.53. The summed E-state index contributed by atoms with van der Waals surface area (Å²) in [4.78, 5) is 12.4. The molecule has 0 fully saturated rings. The summed E-state index contributed by atoms with van der Waals surface area (Å²) in [7, 11) is 0. The zero-order chi connectivity index (χ0) is 17.4. The molecule has 1 heterocycles. The molecule has 0 N–H and O–H groups in total. The Morgan fingerprint density at radius 3 is 2.84 bits per heavy atom. The number of aryl methyl sites for hydroxylation is 1. The molecular weight excluding hydrogens is 336 g/mol. The zero-order valence-corrected chi connectivity index (χ0v) is 14.3. The lowest BCUT2D eigenvalue weighted by Gasteiger charge is -2.07. The van der Waals surface area contributed by atoms with E-state index in [9.17, 15) is 4.79 Å². The summed E-state index contributed by atoms with van der Waals surface area (Å²) in [5.74, 6) is 0.00691. The lowest BCUT2D eigenvalue weighted by molar-refractivity contribution is -0.133. The van der Waals surface area contributed by atoms with E-state index in [1.54, 1.807) is 18.4 Å². The van der Waals surface area contributed by atoms with Crippen LogP contribution in [0.3, 0.4) is 0 Å². The maximum atomic E-state index is 12.4. The molecule has 3 aromatic carbocycles. The predicted octanol–water partition coefficient (Wildman–Crippen LogP) is 5.70. The van der Waals surface area contributed by atoms with Crippen LogP contribution >= 0.6 is 11.6 Å². The summed E-state index contributed by atoms with van der Waals surface area (Å²) >= 11 is 6.10. The van der Waals surface area contributed by atoms with Crippen molar-refractivity contribution >= 4 is 39.3 Å². The number of benzene rings is 3. The number of ether oxygens (including phenoxy) is 1. The van der Waals surface area contributed by atoms with Gasteiger partial charge in [0.1, 0.15) is 11.3 Å². The van der Waals surface area contributed by atoms with Crippen LogP contribution in [-0.4, -0.2) is 5.97 Å². The van der Waals surface area contributed by atoms with E-state index in [1.165, 1.54) is 0 Å². The van der Waals surface area contributed by atoms with Crippen LogP contribution < -0.4 is 4.74 Å². The summed E-state index contributed by atoms with van der Waals surface area (Å²) in [6, 6.07) is 17.3. The van der Waals surface area contributed by atoms with E-state index in [1.807, 2.05) is 49.4 Å². The number of halogens is 1. The first kappa shape index (κ1) is 15.7. The van der Waals surface area contributed by atoms with Crippen molar-refractivity contribution in [3.05, 3.63) is 77.0 Å². The molecule has 4 rings (SSSR count). The average Bonchev–Trinajstić information content (AvgIpc) is 3.01. The van der Waals surface area contributed by atoms with E-state index < -0.39 is 0 Å². The number of hydrogen-bond donors (Lipinski definition) is 0.